The highest BCUT2D eigenvalue weighted by molar-refractivity contribution is 14.1. The van der Waals surface area contributed by atoms with E-state index in [9.17, 15) is 8.78 Å². The first-order chi connectivity index (χ1) is 7.61. The number of benzene rings is 1. The van der Waals surface area contributed by atoms with Gasteiger partial charge in [0.2, 0.25) is 0 Å². The maximum Gasteiger partial charge on any atom is 0.168 e. The molecule has 16 heavy (non-hydrogen) atoms. The lowest BCUT2D eigenvalue weighted by Gasteiger charge is -2.07. The Morgan fingerprint density at radius 2 is 1.94 bits per heavy atom. The zero-order chi connectivity index (χ0) is 11.7. The Labute approximate surface area is 106 Å². The minimum Gasteiger partial charge on any atom is -0.256 e. The van der Waals surface area contributed by atoms with E-state index in [-0.39, 0.29) is 5.56 Å². The van der Waals surface area contributed by atoms with Gasteiger partial charge >= 0.3 is 0 Å². The summed E-state index contributed by atoms with van der Waals surface area (Å²) in [6.07, 6.45) is 1.59. The van der Waals surface area contributed by atoms with E-state index in [1.165, 1.54) is 12.1 Å². The van der Waals surface area contributed by atoms with Gasteiger partial charge in [0.05, 0.1) is 5.69 Å². The molecule has 4 heteroatoms. The Balaban J connectivity index is 2.68. The number of hydrogen-bond acceptors (Lipinski definition) is 1. The summed E-state index contributed by atoms with van der Waals surface area (Å²) in [5.74, 6) is -1.70. The third kappa shape index (κ3) is 1.93. The van der Waals surface area contributed by atoms with Gasteiger partial charge in [-0.3, -0.25) is 4.98 Å². The fourth-order valence-electron chi connectivity index (χ4n) is 1.47. The Morgan fingerprint density at radius 1 is 1.19 bits per heavy atom. The molecule has 0 saturated carbocycles. The molecule has 0 fully saturated rings. The summed E-state index contributed by atoms with van der Waals surface area (Å²) in [6.45, 7) is 1.84. The summed E-state index contributed by atoms with van der Waals surface area (Å²) in [6, 6.07) is 5.94. The van der Waals surface area contributed by atoms with E-state index >= 15 is 0 Å². The largest absolute Gasteiger partial charge is 0.256 e. The topological polar surface area (TPSA) is 12.9 Å². The minimum absolute atomic E-state index is 0.205. The van der Waals surface area contributed by atoms with Crippen molar-refractivity contribution in [2.75, 3.05) is 0 Å². The Kier molecular flexibility index (Phi) is 3.18. The third-order valence-electron chi connectivity index (χ3n) is 2.34. The van der Waals surface area contributed by atoms with E-state index in [1.807, 2.05) is 13.0 Å². The number of halogens is 3. The zero-order valence-corrected chi connectivity index (χ0v) is 10.6. The van der Waals surface area contributed by atoms with Crippen LogP contribution in [0.4, 0.5) is 8.78 Å². The minimum atomic E-state index is -0.849. The van der Waals surface area contributed by atoms with Crippen LogP contribution in [0.25, 0.3) is 11.3 Å². The second-order valence-corrected chi connectivity index (χ2v) is 4.53. The first-order valence-corrected chi connectivity index (χ1v) is 5.74. The Bertz CT molecular complexity index is 491. The fourth-order valence-corrected chi connectivity index (χ4v) is 1.89. The lowest BCUT2D eigenvalue weighted by atomic mass is 10.1. The molecule has 0 N–H and O–H groups in total. The van der Waals surface area contributed by atoms with Crippen molar-refractivity contribution < 1.29 is 8.78 Å². The lowest BCUT2D eigenvalue weighted by Crippen LogP contribution is -1.95. The second-order valence-electron chi connectivity index (χ2n) is 3.37. The summed E-state index contributed by atoms with van der Waals surface area (Å²) in [5.41, 5.74) is 1.55. The summed E-state index contributed by atoms with van der Waals surface area (Å²) in [4.78, 5) is 4.10. The molecule has 0 radical (unpaired) electrons. The quantitative estimate of drug-likeness (QED) is 0.722. The van der Waals surface area contributed by atoms with Gasteiger partial charge in [-0.1, -0.05) is 6.07 Å². The number of nitrogens with zero attached hydrogens (tertiary/aromatic N) is 1. The smallest absolute Gasteiger partial charge is 0.168 e. The summed E-state index contributed by atoms with van der Waals surface area (Å²) < 4.78 is 27.7. The van der Waals surface area contributed by atoms with E-state index in [2.05, 4.69) is 27.6 Å². The molecule has 0 amide bonds. The molecule has 2 aromatic rings. The second kappa shape index (κ2) is 4.45. The fraction of sp³-hybridized carbons (Fsp3) is 0.0833. The van der Waals surface area contributed by atoms with Gasteiger partial charge in [0, 0.05) is 15.3 Å². The predicted molar refractivity (Wildman–Crippen MR) is 67.0 cm³/mol. The van der Waals surface area contributed by atoms with Crippen molar-refractivity contribution in [3.05, 3.63) is 51.2 Å². The maximum absolute atomic E-state index is 13.6. The van der Waals surface area contributed by atoms with Crippen LogP contribution in [0.1, 0.15) is 5.56 Å². The van der Waals surface area contributed by atoms with E-state index in [1.54, 1.807) is 6.20 Å². The van der Waals surface area contributed by atoms with Crippen molar-refractivity contribution in [2.45, 2.75) is 6.92 Å². The molecule has 0 bridgehead atoms. The molecule has 0 aliphatic carbocycles. The van der Waals surface area contributed by atoms with Crippen molar-refractivity contribution in [3.63, 3.8) is 0 Å². The van der Waals surface area contributed by atoms with Crippen LogP contribution in [-0.4, -0.2) is 4.98 Å². The predicted octanol–water partition coefficient (Wildman–Crippen LogP) is 3.94. The summed E-state index contributed by atoms with van der Waals surface area (Å²) in [5, 5.41) is 0. The van der Waals surface area contributed by atoms with Gasteiger partial charge in [-0.2, -0.15) is 0 Å². The van der Waals surface area contributed by atoms with Crippen molar-refractivity contribution in [2.24, 2.45) is 0 Å². The molecule has 0 atom stereocenters. The molecule has 1 aromatic heterocycles. The Hall–Kier alpha value is -1.04. The van der Waals surface area contributed by atoms with Crippen LogP contribution in [0.5, 0.6) is 0 Å². The molecule has 0 spiro atoms. The highest BCUT2D eigenvalue weighted by Gasteiger charge is 2.13. The van der Waals surface area contributed by atoms with E-state index < -0.39 is 11.6 Å². The molecule has 0 aliphatic rings. The molecule has 1 aromatic carbocycles. The van der Waals surface area contributed by atoms with Crippen LogP contribution < -0.4 is 0 Å². The molecule has 1 nitrogen and oxygen atoms in total. The van der Waals surface area contributed by atoms with Gasteiger partial charge in [0.15, 0.2) is 11.6 Å². The van der Waals surface area contributed by atoms with Crippen molar-refractivity contribution in [1.29, 1.82) is 0 Å². The van der Waals surface area contributed by atoms with Crippen LogP contribution in [0.3, 0.4) is 0 Å². The first kappa shape index (κ1) is 11.4. The molecule has 0 unspecified atom stereocenters. The van der Waals surface area contributed by atoms with Gasteiger partial charge < -0.3 is 0 Å². The third-order valence-corrected chi connectivity index (χ3v) is 3.51. The molecule has 1 heterocycles. The normalized spacial score (nSPS) is 10.5. The van der Waals surface area contributed by atoms with E-state index in [4.69, 9.17) is 0 Å². The van der Waals surface area contributed by atoms with Gasteiger partial charge in [-0.25, -0.2) is 8.78 Å². The van der Waals surface area contributed by atoms with Crippen LogP contribution in [0.15, 0.2) is 30.5 Å². The molecule has 82 valence electrons. The van der Waals surface area contributed by atoms with Crippen LogP contribution in [-0.2, 0) is 0 Å². The molecule has 0 aliphatic heterocycles. The SMILES string of the molecule is Cc1c(I)ccnc1-c1cccc(F)c1F. The standard InChI is InChI=1S/C12H8F2IN/c1-7-10(15)5-6-16-12(7)8-3-2-4-9(13)11(8)14/h2-6H,1H3. The molecular weight excluding hydrogens is 323 g/mol. The highest BCUT2D eigenvalue weighted by Crippen LogP contribution is 2.27. The number of pyridine rings is 1. The highest BCUT2D eigenvalue weighted by atomic mass is 127. The van der Waals surface area contributed by atoms with Gasteiger partial charge in [-0.15, -0.1) is 0 Å². The maximum atomic E-state index is 13.6. The monoisotopic (exact) mass is 331 g/mol. The van der Waals surface area contributed by atoms with Crippen LogP contribution in [0.2, 0.25) is 0 Å². The lowest BCUT2D eigenvalue weighted by molar-refractivity contribution is 0.511. The summed E-state index contributed by atoms with van der Waals surface area (Å²) >= 11 is 2.14. The molecular formula is C12H8F2IN. The van der Waals surface area contributed by atoms with Gasteiger partial charge in [0.25, 0.3) is 0 Å². The van der Waals surface area contributed by atoms with E-state index in [0.717, 1.165) is 15.2 Å². The average Bonchev–Trinajstić information content (AvgIpc) is 2.27. The number of hydrogen-bond donors (Lipinski definition) is 0. The van der Waals surface area contributed by atoms with Gasteiger partial charge in [-0.05, 0) is 53.3 Å². The molecule has 2 rings (SSSR count). The Morgan fingerprint density at radius 3 is 2.69 bits per heavy atom. The number of aromatic nitrogens is 1. The zero-order valence-electron chi connectivity index (χ0n) is 8.47. The van der Waals surface area contributed by atoms with Crippen LogP contribution >= 0.6 is 22.6 Å². The van der Waals surface area contributed by atoms with Gasteiger partial charge in [0.1, 0.15) is 0 Å². The van der Waals surface area contributed by atoms with Crippen molar-refractivity contribution in [1.82, 2.24) is 4.98 Å². The first-order valence-electron chi connectivity index (χ1n) is 4.66. The summed E-state index contributed by atoms with van der Waals surface area (Å²) in [7, 11) is 0. The average molecular weight is 331 g/mol. The van der Waals surface area contributed by atoms with Crippen molar-refractivity contribution in [3.8, 4) is 11.3 Å². The molecule has 0 saturated heterocycles. The van der Waals surface area contributed by atoms with Crippen molar-refractivity contribution >= 4 is 22.6 Å². The number of rotatable bonds is 1. The van der Waals surface area contributed by atoms with Crippen LogP contribution in [0, 0.1) is 22.1 Å². The van der Waals surface area contributed by atoms with E-state index in [0.29, 0.717) is 5.69 Å².